The van der Waals surface area contributed by atoms with E-state index in [1.165, 1.54) is 0 Å². The van der Waals surface area contributed by atoms with Crippen molar-refractivity contribution in [2.45, 2.75) is 45.2 Å². The van der Waals surface area contributed by atoms with Crippen LogP contribution in [0.1, 0.15) is 37.3 Å². The van der Waals surface area contributed by atoms with Crippen LogP contribution in [-0.2, 0) is 22.6 Å². The molecule has 0 aromatic heterocycles. The third-order valence-corrected chi connectivity index (χ3v) is 5.85. The first-order valence-electron chi connectivity index (χ1n) is 12.5. The fourth-order valence-electron chi connectivity index (χ4n) is 3.96. The number of methoxy groups -OCH3 is 1. The Kier molecular flexibility index (Phi) is 10.8. The normalized spacial score (nSPS) is 11.4. The number of hydrogen-bond donors (Lipinski definition) is 1. The van der Waals surface area contributed by atoms with Crippen molar-refractivity contribution in [1.82, 2.24) is 10.2 Å². The SMILES string of the molecule is CCCNC(=O)[C@H](Cc1ccccc1)N(Cc1cccc(OC)c1)C(=O)CCCOc1ccccc1. The first-order chi connectivity index (χ1) is 17.6. The van der Waals surface area contributed by atoms with Crippen molar-refractivity contribution >= 4 is 11.8 Å². The molecule has 0 bridgehead atoms. The lowest BCUT2D eigenvalue weighted by molar-refractivity contribution is -0.141. The van der Waals surface area contributed by atoms with Crippen molar-refractivity contribution in [3.8, 4) is 11.5 Å². The Balaban J connectivity index is 1.80. The van der Waals surface area contributed by atoms with E-state index in [4.69, 9.17) is 9.47 Å². The summed E-state index contributed by atoms with van der Waals surface area (Å²) in [5, 5.41) is 3.00. The first-order valence-corrected chi connectivity index (χ1v) is 12.5. The number of rotatable bonds is 14. The Bertz CT molecular complexity index is 1070. The van der Waals surface area contributed by atoms with Crippen molar-refractivity contribution in [2.24, 2.45) is 0 Å². The quantitative estimate of drug-likeness (QED) is 0.324. The molecule has 0 aliphatic rings. The van der Waals surface area contributed by atoms with E-state index in [1.807, 2.05) is 91.9 Å². The van der Waals surface area contributed by atoms with Gasteiger partial charge in [-0.1, -0.05) is 67.6 Å². The van der Waals surface area contributed by atoms with Gasteiger partial charge in [0.05, 0.1) is 13.7 Å². The Morgan fingerprint density at radius 1 is 0.889 bits per heavy atom. The minimum Gasteiger partial charge on any atom is -0.497 e. The van der Waals surface area contributed by atoms with Crippen LogP contribution in [0.5, 0.6) is 11.5 Å². The van der Waals surface area contributed by atoms with E-state index >= 15 is 0 Å². The molecule has 3 rings (SSSR count). The van der Waals surface area contributed by atoms with E-state index in [9.17, 15) is 9.59 Å². The number of nitrogens with one attached hydrogen (secondary N) is 1. The van der Waals surface area contributed by atoms with Crippen molar-refractivity contribution < 1.29 is 19.1 Å². The zero-order chi connectivity index (χ0) is 25.6. The van der Waals surface area contributed by atoms with E-state index < -0.39 is 6.04 Å². The van der Waals surface area contributed by atoms with Gasteiger partial charge >= 0.3 is 0 Å². The zero-order valence-corrected chi connectivity index (χ0v) is 21.2. The van der Waals surface area contributed by atoms with Crippen molar-refractivity contribution in [1.29, 1.82) is 0 Å². The molecule has 0 radical (unpaired) electrons. The van der Waals surface area contributed by atoms with Crippen molar-refractivity contribution in [3.63, 3.8) is 0 Å². The minimum atomic E-state index is -0.632. The highest BCUT2D eigenvalue weighted by Gasteiger charge is 2.30. The van der Waals surface area contributed by atoms with Crippen LogP contribution in [0, 0.1) is 0 Å². The number of nitrogens with zero attached hydrogens (tertiary/aromatic N) is 1. The van der Waals surface area contributed by atoms with Crippen LogP contribution < -0.4 is 14.8 Å². The minimum absolute atomic E-state index is 0.0814. The summed E-state index contributed by atoms with van der Waals surface area (Å²) >= 11 is 0. The predicted octanol–water partition coefficient (Wildman–Crippen LogP) is 5.02. The molecule has 36 heavy (non-hydrogen) atoms. The van der Waals surface area contributed by atoms with E-state index in [-0.39, 0.29) is 18.2 Å². The van der Waals surface area contributed by atoms with E-state index in [2.05, 4.69) is 5.32 Å². The third kappa shape index (κ3) is 8.45. The summed E-state index contributed by atoms with van der Waals surface area (Å²) in [6, 6.07) is 26.4. The number of para-hydroxylation sites is 1. The number of carbonyl (C=O) groups excluding carboxylic acids is 2. The molecular formula is C30H36N2O4. The Morgan fingerprint density at radius 2 is 1.56 bits per heavy atom. The third-order valence-electron chi connectivity index (χ3n) is 5.85. The van der Waals surface area contributed by atoms with Gasteiger partial charge in [0.25, 0.3) is 0 Å². The van der Waals surface area contributed by atoms with Gasteiger partial charge in [-0.2, -0.15) is 0 Å². The topological polar surface area (TPSA) is 67.9 Å². The van der Waals surface area contributed by atoms with E-state index in [0.717, 1.165) is 23.3 Å². The molecule has 6 nitrogen and oxygen atoms in total. The van der Waals surface area contributed by atoms with Gasteiger partial charge in [0.1, 0.15) is 17.5 Å². The van der Waals surface area contributed by atoms with Gasteiger partial charge in [0.2, 0.25) is 11.8 Å². The number of amides is 2. The maximum absolute atomic E-state index is 13.6. The second-order valence-corrected chi connectivity index (χ2v) is 8.63. The number of ether oxygens (including phenoxy) is 2. The fourth-order valence-corrected chi connectivity index (χ4v) is 3.96. The predicted molar refractivity (Wildman–Crippen MR) is 142 cm³/mol. The Hall–Kier alpha value is -3.80. The molecule has 2 amide bonds. The molecule has 190 valence electrons. The van der Waals surface area contributed by atoms with Crippen LogP contribution in [-0.4, -0.2) is 43.0 Å². The Morgan fingerprint density at radius 3 is 2.25 bits per heavy atom. The van der Waals surface area contributed by atoms with Crippen molar-refractivity contribution in [2.75, 3.05) is 20.3 Å². The highest BCUT2D eigenvalue weighted by molar-refractivity contribution is 5.88. The van der Waals surface area contributed by atoms with Gasteiger partial charge in [-0.15, -0.1) is 0 Å². The van der Waals surface area contributed by atoms with Gasteiger partial charge in [0, 0.05) is 25.9 Å². The standard InChI is InChI=1S/C30H36N2O4/c1-3-19-31-30(34)28(22-24-12-6-4-7-13-24)32(23-25-14-10-17-27(21-25)35-2)29(33)18-11-20-36-26-15-8-5-9-16-26/h4-10,12-17,21,28H,3,11,18-20,22-23H2,1-2H3,(H,31,34)/t28-/m0/s1. The summed E-state index contributed by atoms with van der Waals surface area (Å²) in [6.45, 7) is 3.31. The summed E-state index contributed by atoms with van der Waals surface area (Å²) < 4.78 is 11.2. The van der Waals surface area contributed by atoms with Crippen LogP contribution >= 0.6 is 0 Å². The maximum atomic E-state index is 13.6. The van der Waals surface area contributed by atoms with Crippen LogP contribution in [0.2, 0.25) is 0 Å². The van der Waals surface area contributed by atoms with E-state index in [1.54, 1.807) is 12.0 Å². The van der Waals surface area contributed by atoms with Gasteiger partial charge < -0.3 is 19.7 Å². The monoisotopic (exact) mass is 488 g/mol. The van der Waals surface area contributed by atoms with Crippen LogP contribution in [0.3, 0.4) is 0 Å². The summed E-state index contributed by atoms with van der Waals surface area (Å²) in [5.41, 5.74) is 1.91. The lowest BCUT2D eigenvalue weighted by atomic mass is 10.0. The molecule has 0 aliphatic carbocycles. The van der Waals surface area contributed by atoms with Gasteiger partial charge in [0.15, 0.2) is 0 Å². The average Bonchev–Trinajstić information content (AvgIpc) is 2.92. The number of hydrogen-bond acceptors (Lipinski definition) is 4. The molecule has 0 unspecified atom stereocenters. The highest BCUT2D eigenvalue weighted by atomic mass is 16.5. The molecule has 0 saturated heterocycles. The summed E-state index contributed by atoms with van der Waals surface area (Å²) in [6.07, 6.45) is 2.09. The molecule has 3 aromatic rings. The van der Waals surface area contributed by atoms with Gasteiger partial charge in [-0.3, -0.25) is 9.59 Å². The van der Waals surface area contributed by atoms with Gasteiger partial charge in [-0.25, -0.2) is 0 Å². The van der Waals surface area contributed by atoms with Crippen LogP contribution in [0.4, 0.5) is 0 Å². The molecule has 3 aromatic carbocycles. The Labute approximate surface area is 214 Å². The smallest absolute Gasteiger partial charge is 0.243 e. The molecule has 0 saturated carbocycles. The molecule has 0 fully saturated rings. The second kappa shape index (κ2) is 14.6. The molecule has 6 heteroatoms. The first kappa shape index (κ1) is 26.8. The lowest BCUT2D eigenvalue weighted by Crippen LogP contribution is -2.50. The molecule has 1 N–H and O–H groups in total. The lowest BCUT2D eigenvalue weighted by Gasteiger charge is -2.31. The molecule has 1 atom stereocenters. The average molecular weight is 489 g/mol. The zero-order valence-electron chi connectivity index (χ0n) is 21.2. The molecule has 0 heterocycles. The summed E-state index contributed by atoms with van der Waals surface area (Å²) in [7, 11) is 1.62. The number of benzene rings is 3. The number of carbonyl (C=O) groups is 2. The van der Waals surface area contributed by atoms with Crippen molar-refractivity contribution in [3.05, 3.63) is 96.1 Å². The largest absolute Gasteiger partial charge is 0.497 e. The van der Waals surface area contributed by atoms with Crippen LogP contribution in [0.15, 0.2) is 84.9 Å². The molecular weight excluding hydrogens is 452 g/mol. The van der Waals surface area contributed by atoms with Gasteiger partial charge in [-0.05, 0) is 48.2 Å². The van der Waals surface area contributed by atoms with E-state index in [0.29, 0.717) is 38.3 Å². The fraction of sp³-hybridized carbons (Fsp3) is 0.333. The summed E-state index contributed by atoms with van der Waals surface area (Å²) in [5.74, 6) is 1.27. The maximum Gasteiger partial charge on any atom is 0.243 e. The second-order valence-electron chi connectivity index (χ2n) is 8.63. The highest BCUT2D eigenvalue weighted by Crippen LogP contribution is 2.19. The molecule has 0 spiro atoms. The summed E-state index contributed by atoms with van der Waals surface area (Å²) in [4.78, 5) is 28.6. The molecule has 0 aliphatic heterocycles. The van der Waals surface area contributed by atoms with Crippen LogP contribution in [0.25, 0.3) is 0 Å².